The third-order valence-electron chi connectivity index (χ3n) is 9.85. The van der Waals surface area contributed by atoms with Crippen LogP contribution in [-0.4, -0.2) is 43.2 Å². The molecule has 0 aliphatic rings. The lowest BCUT2D eigenvalue weighted by Crippen LogP contribution is -2.32. The van der Waals surface area contributed by atoms with Gasteiger partial charge in [-0.2, -0.15) is 0 Å². The average molecular weight is 880 g/mol. The van der Waals surface area contributed by atoms with E-state index in [1.165, 1.54) is 13.8 Å². The van der Waals surface area contributed by atoms with Gasteiger partial charge in [-0.3, -0.25) is 19.6 Å². The Bertz CT molecular complexity index is 2870. The molecule has 0 saturated heterocycles. The molecule has 0 bridgehead atoms. The fourth-order valence-corrected chi connectivity index (χ4v) is 6.94. The van der Waals surface area contributed by atoms with E-state index in [1.807, 2.05) is 154 Å². The number of ether oxygens (including phenoxy) is 1. The van der Waals surface area contributed by atoms with Crippen molar-refractivity contribution in [1.29, 1.82) is 0 Å². The predicted molar refractivity (Wildman–Crippen MR) is 256 cm³/mol. The highest BCUT2D eigenvalue weighted by Crippen LogP contribution is 2.36. The van der Waals surface area contributed by atoms with Crippen LogP contribution >= 0.6 is 24.8 Å². The lowest BCUT2D eigenvalue weighted by atomic mass is 9.96. The minimum atomic E-state index is -0.540. The van der Waals surface area contributed by atoms with Gasteiger partial charge in [-0.15, -0.1) is 24.8 Å². The van der Waals surface area contributed by atoms with Crippen LogP contribution in [0.3, 0.4) is 0 Å². The second-order valence-electron chi connectivity index (χ2n) is 15.5. The highest BCUT2D eigenvalue weighted by atomic mass is 35.5. The van der Waals surface area contributed by atoms with E-state index in [0.717, 1.165) is 72.2 Å². The third kappa shape index (κ3) is 11.4. The zero-order valence-corrected chi connectivity index (χ0v) is 37.2. The number of Topliss-reactive ketones (excluding diaryl/α,β-unsaturated/α-hetero) is 2. The Balaban J connectivity index is 0.000000236. The summed E-state index contributed by atoms with van der Waals surface area (Å²) in [4.78, 5) is 54.5. The number of aromatic nitrogens is 4. The van der Waals surface area contributed by atoms with Crippen molar-refractivity contribution < 1.29 is 19.1 Å². The molecule has 12 heteroatoms. The molecule has 4 aromatic heterocycles. The van der Waals surface area contributed by atoms with Gasteiger partial charge in [0, 0.05) is 72.4 Å². The summed E-state index contributed by atoms with van der Waals surface area (Å²) in [6, 6.07) is 43.7. The second-order valence-corrected chi connectivity index (χ2v) is 15.5. The van der Waals surface area contributed by atoms with Crippen LogP contribution in [-0.2, 0) is 17.8 Å². The number of nitrogens with zero attached hydrogens (tertiary/aromatic N) is 4. The number of amides is 1. The van der Waals surface area contributed by atoms with Crippen molar-refractivity contribution in [3.05, 3.63) is 168 Å². The molecule has 3 N–H and O–H groups in total. The number of fused-ring (bicyclic) bond motifs is 2. The van der Waals surface area contributed by atoms with E-state index in [1.54, 1.807) is 12.4 Å². The Morgan fingerprint density at radius 1 is 0.571 bits per heavy atom. The number of benzene rings is 4. The molecule has 320 valence electrons. The number of pyridine rings is 4. The van der Waals surface area contributed by atoms with E-state index in [4.69, 9.17) is 20.4 Å². The largest absolute Gasteiger partial charge is 0.444 e. The van der Waals surface area contributed by atoms with Crippen molar-refractivity contribution in [1.82, 2.24) is 25.3 Å². The fourth-order valence-electron chi connectivity index (χ4n) is 6.94. The van der Waals surface area contributed by atoms with Gasteiger partial charge in [0.05, 0.1) is 22.4 Å². The molecular weight excluding hydrogens is 832 g/mol. The Hall–Kier alpha value is -6.85. The first-order valence-corrected chi connectivity index (χ1v) is 20.0. The summed E-state index contributed by atoms with van der Waals surface area (Å²) in [5, 5.41) is 4.28. The maximum Gasteiger partial charge on any atom is 0.407 e. The smallest absolute Gasteiger partial charge is 0.407 e. The maximum absolute atomic E-state index is 12.2. The quantitative estimate of drug-likeness (QED) is 0.135. The number of nitrogens with one attached hydrogen (secondary N) is 1. The second kappa shape index (κ2) is 20.8. The first-order chi connectivity index (χ1) is 29.4. The summed E-state index contributed by atoms with van der Waals surface area (Å²) in [6.07, 6.45) is 2.80. The molecule has 10 nitrogen and oxygen atoms in total. The molecule has 0 unspecified atom stereocenters. The van der Waals surface area contributed by atoms with E-state index < -0.39 is 11.7 Å². The molecule has 0 radical (unpaired) electrons. The van der Waals surface area contributed by atoms with Crippen LogP contribution in [0.4, 0.5) is 4.79 Å². The summed E-state index contributed by atoms with van der Waals surface area (Å²) in [6.45, 7) is 9.41. The molecule has 1 amide bonds. The standard InChI is InChI=1S/C28H27N3O3.C23H19N3O.2ClH/c1-18(32)25-23-16-22(20-8-6-5-7-9-20)26(31-24(23)14-15-29-25)21-12-10-19(11-13-21)17-30-27(33)34-28(2,3)4;1-15(27)22-20-13-19(17-5-3-2-4-6-17)23(26-21(20)11-12-25-22)18-9-7-16(14-24)8-10-18;;/h5-16H,17H2,1-4H3,(H,30,33);2-13H,14,24H2,1H3;2*1H. The molecule has 63 heavy (non-hydrogen) atoms. The van der Waals surface area contributed by atoms with E-state index in [9.17, 15) is 14.4 Å². The number of ketones is 2. The van der Waals surface area contributed by atoms with Crippen LogP contribution < -0.4 is 11.1 Å². The fraction of sp³-hybridized carbons (Fsp3) is 0.157. The number of nitrogens with two attached hydrogens (primary N) is 1. The lowest BCUT2D eigenvalue weighted by Gasteiger charge is -2.19. The first kappa shape index (κ1) is 47.2. The topological polar surface area (TPSA) is 150 Å². The molecule has 0 saturated carbocycles. The Morgan fingerprint density at radius 2 is 0.984 bits per heavy atom. The van der Waals surface area contributed by atoms with Gasteiger partial charge in [0.1, 0.15) is 17.0 Å². The minimum Gasteiger partial charge on any atom is -0.444 e. The van der Waals surface area contributed by atoms with Gasteiger partial charge in [-0.05, 0) is 67.3 Å². The number of alkyl carbamates (subject to hydrolysis) is 1. The molecule has 8 rings (SSSR count). The van der Waals surface area contributed by atoms with Gasteiger partial charge in [0.15, 0.2) is 11.6 Å². The Labute approximate surface area is 379 Å². The molecule has 0 atom stereocenters. The molecule has 0 aliphatic carbocycles. The SMILES string of the molecule is CC(=O)c1nccc2nc(-c3ccc(CN)cc3)c(-c3ccccc3)cc12.CC(=O)c1nccc2nc(-c3ccc(CNC(=O)OC(C)(C)C)cc3)c(-c3ccccc3)cc12.Cl.Cl. The maximum atomic E-state index is 12.2. The molecule has 0 fully saturated rings. The van der Waals surface area contributed by atoms with Gasteiger partial charge < -0.3 is 15.8 Å². The van der Waals surface area contributed by atoms with Crippen molar-refractivity contribution in [3.8, 4) is 44.8 Å². The number of hydrogen-bond donors (Lipinski definition) is 2. The summed E-state index contributed by atoms with van der Waals surface area (Å²) >= 11 is 0. The number of carbonyl (C=O) groups excluding carboxylic acids is 3. The average Bonchev–Trinajstić information content (AvgIpc) is 3.27. The van der Waals surface area contributed by atoms with Crippen LogP contribution in [0.15, 0.2) is 146 Å². The van der Waals surface area contributed by atoms with Crippen LogP contribution in [0, 0.1) is 0 Å². The van der Waals surface area contributed by atoms with Crippen molar-refractivity contribution in [2.45, 2.75) is 53.3 Å². The molecule has 4 heterocycles. The third-order valence-corrected chi connectivity index (χ3v) is 9.85. The molecular formula is C51H48Cl2N6O4. The van der Waals surface area contributed by atoms with Crippen LogP contribution in [0.2, 0.25) is 0 Å². The summed E-state index contributed by atoms with van der Waals surface area (Å²) in [5.41, 5.74) is 17.1. The molecule has 8 aromatic rings. The van der Waals surface area contributed by atoms with E-state index >= 15 is 0 Å². The Morgan fingerprint density at radius 3 is 1.37 bits per heavy atom. The van der Waals surface area contributed by atoms with Gasteiger partial charge >= 0.3 is 6.09 Å². The summed E-state index contributed by atoms with van der Waals surface area (Å²) in [7, 11) is 0. The van der Waals surface area contributed by atoms with Crippen molar-refractivity contribution >= 4 is 64.3 Å². The number of halogens is 2. The Kier molecular flexibility index (Phi) is 15.6. The predicted octanol–water partition coefficient (Wildman–Crippen LogP) is 11.7. The van der Waals surface area contributed by atoms with Crippen LogP contribution in [0.5, 0.6) is 0 Å². The van der Waals surface area contributed by atoms with Gasteiger partial charge in [0.2, 0.25) is 0 Å². The van der Waals surface area contributed by atoms with E-state index in [-0.39, 0.29) is 36.4 Å². The van der Waals surface area contributed by atoms with E-state index in [2.05, 4.69) is 15.3 Å². The molecule has 0 aliphatic heterocycles. The van der Waals surface area contributed by atoms with Gasteiger partial charge in [0.25, 0.3) is 0 Å². The van der Waals surface area contributed by atoms with Gasteiger partial charge in [-0.25, -0.2) is 14.8 Å². The monoisotopic (exact) mass is 878 g/mol. The number of carbonyl (C=O) groups is 3. The van der Waals surface area contributed by atoms with Crippen LogP contribution in [0.1, 0.15) is 66.7 Å². The molecule has 0 spiro atoms. The van der Waals surface area contributed by atoms with Gasteiger partial charge in [-0.1, -0.05) is 109 Å². The normalized spacial score (nSPS) is 10.8. The van der Waals surface area contributed by atoms with Crippen molar-refractivity contribution in [2.75, 3.05) is 0 Å². The zero-order chi connectivity index (χ0) is 43.1. The first-order valence-electron chi connectivity index (χ1n) is 20.0. The highest BCUT2D eigenvalue weighted by Gasteiger charge is 2.18. The van der Waals surface area contributed by atoms with Crippen LogP contribution in [0.25, 0.3) is 66.6 Å². The number of rotatable bonds is 9. The van der Waals surface area contributed by atoms with Crippen molar-refractivity contribution in [2.24, 2.45) is 5.73 Å². The molecule has 4 aromatic carbocycles. The number of hydrogen-bond acceptors (Lipinski definition) is 9. The van der Waals surface area contributed by atoms with E-state index in [0.29, 0.717) is 30.0 Å². The zero-order valence-electron chi connectivity index (χ0n) is 35.6. The summed E-state index contributed by atoms with van der Waals surface area (Å²) in [5.74, 6) is -0.164. The van der Waals surface area contributed by atoms with Crippen molar-refractivity contribution in [3.63, 3.8) is 0 Å². The lowest BCUT2D eigenvalue weighted by molar-refractivity contribution is 0.0523. The highest BCUT2D eigenvalue weighted by molar-refractivity contribution is 6.07. The summed E-state index contributed by atoms with van der Waals surface area (Å²) < 4.78 is 5.30. The minimum absolute atomic E-state index is 0.